The molecule has 1 saturated heterocycles. The second-order valence-corrected chi connectivity index (χ2v) is 7.22. The minimum absolute atomic E-state index is 0.0929. The number of anilines is 1. The van der Waals surface area contributed by atoms with Gasteiger partial charge in [0, 0.05) is 18.0 Å². The van der Waals surface area contributed by atoms with Gasteiger partial charge in [0.15, 0.2) is 11.6 Å². The second kappa shape index (κ2) is 8.27. The minimum Gasteiger partial charge on any atom is -0.495 e. The van der Waals surface area contributed by atoms with Crippen LogP contribution in [-0.2, 0) is 15.1 Å². The standard InChI is InChI=1S/C20H18ClF2N3O4/c1-20(11-3-5-13(22)14(23)9-11)18(28)26(19(29)25-20)8-7-17(27)24-15-10-12(21)4-6-16(15)30-2/h3-6,9-10H,7-8H2,1-2H3,(H,24,27)(H,25,29). The molecule has 1 aliphatic heterocycles. The number of nitrogens with one attached hydrogen (secondary N) is 2. The van der Waals surface area contributed by atoms with E-state index in [0.29, 0.717) is 16.5 Å². The highest BCUT2D eigenvalue weighted by molar-refractivity contribution is 6.31. The van der Waals surface area contributed by atoms with Crippen molar-refractivity contribution in [1.82, 2.24) is 10.2 Å². The summed E-state index contributed by atoms with van der Waals surface area (Å²) in [5.41, 5.74) is -1.13. The number of ether oxygens (including phenoxy) is 1. The van der Waals surface area contributed by atoms with E-state index < -0.39 is 35.0 Å². The average Bonchev–Trinajstić information content (AvgIpc) is 2.91. The fraction of sp³-hybridized carbons (Fsp3) is 0.250. The number of imide groups is 1. The van der Waals surface area contributed by atoms with Gasteiger partial charge in [-0.3, -0.25) is 14.5 Å². The average molecular weight is 438 g/mol. The van der Waals surface area contributed by atoms with Crippen LogP contribution in [0.2, 0.25) is 5.02 Å². The third-order valence-electron chi connectivity index (χ3n) is 4.77. The largest absolute Gasteiger partial charge is 0.495 e. The lowest BCUT2D eigenvalue weighted by Gasteiger charge is -2.22. The summed E-state index contributed by atoms with van der Waals surface area (Å²) in [7, 11) is 1.44. The van der Waals surface area contributed by atoms with Gasteiger partial charge in [-0.15, -0.1) is 0 Å². The molecule has 0 bridgehead atoms. The van der Waals surface area contributed by atoms with E-state index in [2.05, 4.69) is 10.6 Å². The number of carbonyl (C=O) groups excluding carboxylic acids is 3. The third-order valence-corrected chi connectivity index (χ3v) is 5.01. The zero-order valence-electron chi connectivity index (χ0n) is 16.1. The molecule has 1 atom stereocenters. The van der Waals surface area contributed by atoms with Crippen LogP contribution in [0.15, 0.2) is 36.4 Å². The second-order valence-electron chi connectivity index (χ2n) is 6.78. The Morgan fingerprint density at radius 1 is 1.20 bits per heavy atom. The number of halogens is 3. The summed E-state index contributed by atoms with van der Waals surface area (Å²) in [6, 6.07) is 6.91. The van der Waals surface area contributed by atoms with E-state index in [-0.39, 0.29) is 18.5 Å². The van der Waals surface area contributed by atoms with E-state index >= 15 is 0 Å². The summed E-state index contributed by atoms with van der Waals surface area (Å²) in [5, 5.41) is 5.48. The molecule has 2 aromatic carbocycles. The molecule has 30 heavy (non-hydrogen) atoms. The van der Waals surface area contributed by atoms with Gasteiger partial charge in [0.05, 0.1) is 12.8 Å². The number of benzene rings is 2. The van der Waals surface area contributed by atoms with E-state index in [1.54, 1.807) is 12.1 Å². The highest BCUT2D eigenvalue weighted by Gasteiger charge is 2.49. The molecule has 7 nitrogen and oxygen atoms in total. The van der Waals surface area contributed by atoms with Gasteiger partial charge in [-0.25, -0.2) is 13.6 Å². The number of hydrogen-bond acceptors (Lipinski definition) is 4. The molecular weight excluding hydrogens is 420 g/mol. The van der Waals surface area contributed by atoms with E-state index in [1.807, 2.05) is 0 Å². The first-order valence-corrected chi connectivity index (χ1v) is 9.26. The van der Waals surface area contributed by atoms with Crippen LogP contribution in [-0.4, -0.2) is 36.4 Å². The SMILES string of the molecule is COc1ccc(Cl)cc1NC(=O)CCN1C(=O)NC(C)(c2ccc(F)c(F)c2)C1=O. The van der Waals surface area contributed by atoms with Crippen LogP contribution in [0.3, 0.4) is 0 Å². The topological polar surface area (TPSA) is 87.7 Å². The van der Waals surface area contributed by atoms with Crippen molar-refractivity contribution in [3.8, 4) is 5.75 Å². The number of carbonyl (C=O) groups is 3. The quantitative estimate of drug-likeness (QED) is 0.678. The Kier molecular flexibility index (Phi) is 5.93. The summed E-state index contributed by atoms with van der Waals surface area (Å²) in [6.45, 7) is 1.18. The van der Waals surface area contributed by atoms with Crippen LogP contribution in [0.1, 0.15) is 18.9 Å². The smallest absolute Gasteiger partial charge is 0.325 e. The molecule has 1 aliphatic rings. The molecule has 1 unspecified atom stereocenters. The maximum atomic E-state index is 13.6. The van der Waals surface area contributed by atoms with Crippen molar-refractivity contribution < 1.29 is 27.9 Å². The van der Waals surface area contributed by atoms with Gasteiger partial charge in [0.25, 0.3) is 5.91 Å². The molecule has 0 radical (unpaired) electrons. The Bertz CT molecular complexity index is 1030. The van der Waals surface area contributed by atoms with Crippen molar-refractivity contribution in [1.29, 1.82) is 0 Å². The molecule has 0 saturated carbocycles. The Hall–Kier alpha value is -3.20. The first-order chi connectivity index (χ1) is 14.2. The lowest BCUT2D eigenvalue weighted by Crippen LogP contribution is -2.41. The summed E-state index contributed by atoms with van der Waals surface area (Å²) < 4.78 is 31.9. The number of hydrogen-bond donors (Lipinski definition) is 2. The first kappa shape index (κ1) is 21.5. The van der Waals surface area contributed by atoms with Crippen molar-refractivity contribution in [2.45, 2.75) is 18.9 Å². The molecule has 0 aromatic heterocycles. The molecular formula is C20H18ClF2N3O4. The molecule has 10 heteroatoms. The molecule has 1 fully saturated rings. The van der Waals surface area contributed by atoms with Crippen LogP contribution < -0.4 is 15.4 Å². The van der Waals surface area contributed by atoms with Crippen molar-refractivity contribution in [3.05, 3.63) is 58.6 Å². The predicted molar refractivity (Wildman–Crippen MR) is 105 cm³/mol. The Morgan fingerprint density at radius 2 is 1.93 bits per heavy atom. The lowest BCUT2D eigenvalue weighted by molar-refractivity contribution is -0.131. The van der Waals surface area contributed by atoms with Crippen molar-refractivity contribution in [3.63, 3.8) is 0 Å². The summed E-state index contributed by atoms with van der Waals surface area (Å²) in [5.74, 6) is -2.95. The maximum absolute atomic E-state index is 13.6. The summed E-state index contributed by atoms with van der Waals surface area (Å²) in [6.07, 6.45) is -0.192. The van der Waals surface area contributed by atoms with Crippen molar-refractivity contribution in [2.24, 2.45) is 0 Å². The number of urea groups is 1. The molecule has 1 heterocycles. The fourth-order valence-corrected chi connectivity index (χ4v) is 3.28. The minimum atomic E-state index is -1.57. The normalized spacial score (nSPS) is 18.4. The molecule has 158 valence electrons. The highest BCUT2D eigenvalue weighted by atomic mass is 35.5. The van der Waals surface area contributed by atoms with Crippen LogP contribution in [0.5, 0.6) is 5.75 Å². The highest BCUT2D eigenvalue weighted by Crippen LogP contribution is 2.30. The van der Waals surface area contributed by atoms with E-state index in [1.165, 1.54) is 26.2 Å². The monoisotopic (exact) mass is 437 g/mol. The van der Waals surface area contributed by atoms with Gasteiger partial charge in [0.2, 0.25) is 5.91 Å². The summed E-state index contributed by atoms with van der Waals surface area (Å²) >= 11 is 5.92. The number of methoxy groups -OCH3 is 1. The Morgan fingerprint density at radius 3 is 2.60 bits per heavy atom. The van der Waals surface area contributed by atoms with E-state index in [4.69, 9.17) is 16.3 Å². The van der Waals surface area contributed by atoms with Crippen molar-refractivity contribution in [2.75, 3.05) is 19.0 Å². The molecule has 0 aliphatic carbocycles. The number of amides is 4. The van der Waals surface area contributed by atoms with Gasteiger partial charge >= 0.3 is 6.03 Å². The molecule has 2 aromatic rings. The van der Waals surface area contributed by atoms with Crippen LogP contribution in [0.25, 0.3) is 0 Å². The van der Waals surface area contributed by atoms with E-state index in [9.17, 15) is 23.2 Å². The van der Waals surface area contributed by atoms with Gasteiger partial charge < -0.3 is 15.4 Å². The fourth-order valence-electron chi connectivity index (χ4n) is 3.11. The predicted octanol–water partition coefficient (Wildman–Crippen LogP) is 3.42. The van der Waals surface area contributed by atoms with E-state index in [0.717, 1.165) is 17.0 Å². The maximum Gasteiger partial charge on any atom is 0.325 e. The number of nitrogens with zero attached hydrogens (tertiary/aromatic N) is 1. The molecule has 4 amide bonds. The van der Waals surface area contributed by atoms with Crippen molar-refractivity contribution >= 4 is 35.1 Å². The third kappa shape index (κ3) is 4.06. The van der Waals surface area contributed by atoms with Crippen LogP contribution >= 0.6 is 11.6 Å². The van der Waals surface area contributed by atoms with Gasteiger partial charge in [-0.2, -0.15) is 0 Å². The molecule has 2 N–H and O–H groups in total. The Labute approximate surface area is 175 Å². The first-order valence-electron chi connectivity index (χ1n) is 8.88. The van der Waals surface area contributed by atoms with Crippen LogP contribution in [0, 0.1) is 11.6 Å². The summed E-state index contributed by atoms with van der Waals surface area (Å²) in [4.78, 5) is 38.3. The van der Waals surface area contributed by atoms with Gasteiger partial charge in [-0.1, -0.05) is 17.7 Å². The zero-order chi connectivity index (χ0) is 22.1. The van der Waals surface area contributed by atoms with Gasteiger partial charge in [0.1, 0.15) is 11.3 Å². The molecule has 3 rings (SSSR count). The van der Waals surface area contributed by atoms with Gasteiger partial charge in [-0.05, 0) is 42.8 Å². The lowest BCUT2D eigenvalue weighted by atomic mass is 9.92. The zero-order valence-corrected chi connectivity index (χ0v) is 16.8. The molecule has 0 spiro atoms. The van der Waals surface area contributed by atoms with Crippen LogP contribution in [0.4, 0.5) is 19.3 Å². The Balaban J connectivity index is 1.69. The number of rotatable bonds is 6.